The van der Waals surface area contributed by atoms with E-state index in [4.69, 9.17) is 14.2 Å². The maximum Gasteiger partial charge on any atom is 1.00 e. The molecule has 0 aromatic carbocycles. The van der Waals surface area contributed by atoms with Crippen molar-refractivity contribution in [2.24, 2.45) is 5.41 Å². The zero-order chi connectivity index (χ0) is 26.2. The number of aliphatic hydroxyl groups excluding tert-OH is 1. The Morgan fingerprint density at radius 3 is 1.97 bits per heavy atom. The zero-order valence-electron chi connectivity index (χ0n) is 21.8. The first-order valence-electron chi connectivity index (χ1n) is 12.7. The van der Waals surface area contributed by atoms with E-state index in [1.54, 1.807) is 0 Å². The summed E-state index contributed by atoms with van der Waals surface area (Å²) in [7, 11) is -5.13. The molecule has 1 aliphatic heterocycles. The molecule has 1 N–H and O–H groups in total. The maximum atomic E-state index is 12.1. The van der Waals surface area contributed by atoms with Gasteiger partial charge in [-0.25, -0.2) is 8.42 Å². The average molecular weight is 561 g/mol. The van der Waals surface area contributed by atoms with Gasteiger partial charge in [0.15, 0.2) is 5.25 Å². The summed E-state index contributed by atoms with van der Waals surface area (Å²) < 4.78 is 48.7. The Morgan fingerprint density at radius 2 is 1.47 bits per heavy atom. The van der Waals surface area contributed by atoms with E-state index in [1.165, 1.54) is 51.4 Å². The number of esters is 3. The van der Waals surface area contributed by atoms with Crippen molar-refractivity contribution in [3.05, 3.63) is 0 Å². The van der Waals surface area contributed by atoms with Gasteiger partial charge in [-0.15, -0.1) is 0 Å². The smallest absolute Gasteiger partial charge is 0.747 e. The third-order valence-electron chi connectivity index (χ3n) is 6.13. The van der Waals surface area contributed by atoms with Crippen LogP contribution in [-0.2, 0) is 38.7 Å². The summed E-state index contributed by atoms with van der Waals surface area (Å²) in [5.74, 6) is -3.00. The first-order valence-corrected chi connectivity index (χ1v) is 14.1. The van der Waals surface area contributed by atoms with Gasteiger partial charge in [0.2, 0.25) is 0 Å². The Hall–Kier alpha value is -0.0836. The predicted octanol–water partition coefficient (Wildman–Crippen LogP) is 0.00740. The van der Waals surface area contributed by atoms with Crippen LogP contribution in [0.15, 0.2) is 0 Å². The fraction of sp³-hybridized carbons (Fsp3) is 0.875. The molecule has 1 rings (SSSR count). The number of aliphatic hydroxyl groups is 1. The molecule has 204 valence electrons. The first kappa shape index (κ1) is 35.9. The molecule has 36 heavy (non-hydrogen) atoms. The standard InChI is InChI=1S/C24H42O10S.K/c1-2-3-4-5-6-7-8-9-10-11-12-13-14-21(26)32-17-24(16-25)18-33-22(27)15-20(35(29,30)31)23(28)34-19-24;/h20,25H,2-19H2,1H3,(H,29,30,31);/q;+1/p-1. The topological polar surface area (TPSA) is 156 Å². The van der Waals surface area contributed by atoms with Crippen LogP contribution < -0.4 is 51.4 Å². The molecule has 0 bridgehead atoms. The van der Waals surface area contributed by atoms with E-state index < -0.39 is 71.5 Å². The quantitative estimate of drug-likeness (QED) is 0.0845. The third-order valence-corrected chi connectivity index (χ3v) is 7.19. The monoisotopic (exact) mass is 560 g/mol. The molecule has 1 aliphatic rings. The fourth-order valence-corrected chi connectivity index (χ4v) is 4.39. The van der Waals surface area contributed by atoms with Crippen LogP contribution in [0.2, 0.25) is 0 Å². The van der Waals surface area contributed by atoms with Gasteiger partial charge in [-0.05, 0) is 6.42 Å². The van der Waals surface area contributed by atoms with Crippen LogP contribution in [0.5, 0.6) is 0 Å². The Balaban J connectivity index is 0.0000122. The minimum absolute atomic E-state index is 0. The summed E-state index contributed by atoms with van der Waals surface area (Å²) in [6.07, 6.45) is 13.2. The molecule has 2 unspecified atom stereocenters. The Labute approximate surface area is 257 Å². The van der Waals surface area contributed by atoms with Crippen molar-refractivity contribution in [1.29, 1.82) is 0 Å². The van der Waals surface area contributed by atoms with Crippen molar-refractivity contribution >= 4 is 28.0 Å². The van der Waals surface area contributed by atoms with Crippen molar-refractivity contribution < 1.29 is 98.1 Å². The Kier molecular flexibility index (Phi) is 19.9. The number of unbranched alkanes of at least 4 members (excludes halogenated alkanes) is 11. The van der Waals surface area contributed by atoms with E-state index in [-0.39, 0.29) is 57.8 Å². The number of ether oxygens (including phenoxy) is 3. The van der Waals surface area contributed by atoms with Crippen molar-refractivity contribution in [3.63, 3.8) is 0 Å². The molecule has 1 heterocycles. The van der Waals surface area contributed by atoms with Crippen molar-refractivity contribution in [3.8, 4) is 0 Å². The molecular formula is C24H41KO10S. The molecule has 0 saturated carbocycles. The fourth-order valence-electron chi connectivity index (χ4n) is 3.74. The van der Waals surface area contributed by atoms with Crippen LogP contribution in [0, 0.1) is 5.41 Å². The summed E-state index contributed by atoms with van der Waals surface area (Å²) in [5, 5.41) is 7.57. The van der Waals surface area contributed by atoms with Crippen LogP contribution in [0.4, 0.5) is 0 Å². The van der Waals surface area contributed by atoms with Gasteiger partial charge >= 0.3 is 69.3 Å². The Morgan fingerprint density at radius 1 is 0.972 bits per heavy atom. The van der Waals surface area contributed by atoms with E-state index in [0.29, 0.717) is 6.42 Å². The van der Waals surface area contributed by atoms with Crippen molar-refractivity contribution in [2.75, 3.05) is 26.4 Å². The van der Waals surface area contributed by atoms with Gasteiger partial charge in [-0.2, -0.15) is 0 Å². The number of carbonyl (C=O) groups is 3. The van der Waals surface area contributed by atoms with Gasteiger partial charge in [0.1, 0.15) is 29.9 Å². The molecule has 1 fully saturated rings. The summed E-state index contributed by atoms with van der Waals surface area (Å²) >= 11 is 0. The van der Waals surface area contributed by atoms with E-state index >= 15 is 0 Å². The van der Waals surface area contributed by atoms with Gasteiger partial charge in [-0.3, -0.25) is 14.4 Å². The molecule has 0 amide bonds. The second-order valence-electron chi connectivity index (χ2n) is 9.41. The SMILES string of the molecule is CCCCCCCCCCCCCCC(=O)OCC1(CO)COC(=O)CC(S(=O)(=O)[O-])C(=O)OC1.[K+]. The minimum Gasteiger partial charge on any atom is -0.747 e. The van der Waals surface area contributed by atoms with Crippen LogP contribution in [0.25, 0.3) is 0 Å². The molecule has 0 radical (unpaired) electrons. The summed E-state index contributed by atoms with van der Waals surface area (Å²) in [6, 6.07) is 0. The van der Waals surface area contributed by atoms with E-state index in [2.05, 4.69) is 6.92 Å². The van der Waals surface area contributed by atoms with E-state index in [0.717, 1.165) is 19.3 Å². The molecule has 10 nitrogen and oxygen atoms in total. The van der Waals surface area contributed by atoms with Gasteiger partial charge in [0.05, 0.1) is 18.4 Å². The molecule has 0 aromatic rings. The molecular weight excluding hydrogens is 519 g/mol. The molecule has 12 heteroatoms. The zero-order valence-corrected chi connectivity index (χ0v) is 25.8. The van der Waals surface area contributed by atoms with Gasteiger partial charge < -0.3 is 23.9 Å². The van der Waals surface area contributed by atoms with Gasteiger partial charge in [0.25, 0.3) is 0 Å². The third kappa shape index (κ3) is 15.4. The number of rotatable bonds is 17. The van der Waals surface area contributed by atoms with Crippen LogP contribution in [0.3, 0.4) is 0 Å². The van der Waals surface area contributed by atoms with E-state index in [1.807, 2.05) is 0 Å². The maximum absolute atomic E-state index is 12.1. The van der Waals surface area contributed by atoms with Crippen LogP contribution in [0.1, 0.15) is 96.8 Å². The number of hydrogen-bond acceptors (Lipinski definition) is 10. The summed E-state index contributed by atoms with van der Waals surface area (Å²) in [6.45, 7) is 0.122. The number of cyclic esters (lactones) is 2. The summed E-state index contributed by atoms with van der Waals surface area (Å²) in [5.41, 5.74) is -1.45. The normalized spacial score (nSPS) is 20.8. The van der Waals surface area contributed by atoms with Crippen LogP contribution >= 0.6 is 0 Å². The van der Waals surface area contributed by atoms with Crippen molar-refractivity contribution in [1.82, 2.24) is 0 Å². The largest absolute Gasteiger partial charge is 1.00 e. The van der Waals surface area contributed by atoms with Crippen LogP contribution in [-0.4, -0.2) is 67.7 Å². The second-order valence-corrected chi connectivity index (χ2v) is 11.0. The first-order chi connectivity index (χ1) is 16.6. The molecule has 0 aliphatic carbocycles. The second kappa shape index (κ2) is 19.9. The Bertz CT molecular complexity index is 758. The average Bonchev–Trinajstić information content (AvgIpc) is 2.87. The number of hydrogen-bond donors (Lipinski definition) is 1. The predicted molar refractivity (Wildman–Crippen MR) is 126 cm³/mol. The summed E-state index contributed by atoms with van der Waals surface area (Å²) in [4.78, 5) is 36.0. The molecule has 0 spiro atoms. The number of carbonyl (C=O) groups excluding carboxylic acids is 3. The van der Waals surface area contributed by atoms with E-state index in [9.17, 15) is 32.5 Å². The molecule has 1 saturated heterocycles. The molecule has 2 atom stereocenters. The van der Waals surface area contributed by atoms with Gasteiger partial charge in [-0.1, -0.05) is 77.6 Å². The van der Waals surface area contributed by atoms with Gasteiger partial charge in [0, 0.05) is 6.42 Å². The minimum atomic E-state index is -5.13. The molecule has 0 aromatic heterocycles. The van der Waals surface area contributed by atoms with Crippen molar-refractivity contribution in [2.45, 2.75) is 102 Å².